The summed E-state index contributed by atoms with van der Waals surface area (Å²) in [6, 6.07) is 11.0. The average Bonchev–Trinajstić information content (AvgIpc) is 2.52. The molecule has 1 aliphatic heterocycles. The summed E-state index contributed by atoms with van der Waals surface area (Å²) in [5.41, 5.74) is 1.44. The van der Waals surface area contributed by atoms with Crippen molar-refractivity contribution in [3.05, 3.63) is 35.9 Å². The van der Waals surface area contributed by atoms with E-state index < -0.39 is 0 Å². The molecule has 112 valence electrons. The van der Waals surface area contributed by atoms with Crippen LogP contribution in [0.2, 0.25) is 0 Å². The molecule has 0 unspecified atom stereocenters. The Morgan fingerprint density at radius 2 is 1.95 bits per heavy atom. The summed E-state index contributed by atoms with van der Waals surface area (Å²) in [4.78, 5) is 2.58. The van der Waals surface area contributed by atoms with E-state index in [1.807, 2.05) is 6.92 Å². The van der Waals surface area contributed by atoms with Crippen LogP contribution in [0.25, 0.3) is 0 Å². The van der Waals surface area contributed by atoms with Crippen molar-refractivity contribution in [3.63, 3.8) is 0 Å². The Morgan fingerprint density at radius 3 is 2.60 bits per heavy atom. The molecule has 1 fully saturated rings. The number of benzene rings is 1. The molecule has 0 aromatic heterocycles. The van der Waals surface area contributed by atoms with Crippen LogP contribution in [0.3, 0.4) is 0 Å². The molecule has 0 aliphatic carbocycles. The summed E-state index contributed by atoms with van der Waals surface area (Å²) in [5, 5.41) is 12.4. The molecule has 0 saturated carbocycles. The molecule has 0 amide bonds. The number of nitrogens with one attached hydrogen (secondary N) is 1. The second-order valence-corrected chi connectivity index (χ2v) is 6.01. The average molecular weight is 276 g/mol. The Morgan fingerprint density at radius 1 is 1.25 bits per heavy atom. The minimum Gasteiger partial charge on any atom is -0.395 e. The van der Waals surface area contributed by atoms with Gasteiger partial charge in [0.05, 0.1) is 6.61 Å². The highest BCUT2D eigenvalue weighted by Crippen LogP contribution is 2.17. The number of nitrogens with zero attached hydrogens (tertiary/aromatic N) is 1. The van der Waals surface area contributed by atoms with Gasteiger partial charge in [0, 0.05) is 12.6 Å². The summed E-state index contributed by atoms with van der Waals surface area (Å²) in [7, 11) is 0. The molecule has 2 N–H and O–H groups in total. The van der Waals surface area contributed by atoms with E-state index in [0.29, 0.717) is 0 Å². The van der Waals surface area contributed by atoms with E-state index in [2.05, 4.69) is 40.5 Å². The number of rotatable bonds is 7. The molecular formula is C17H28N2O. The van der Waals surface area contributed by atoms with Crippen LogP contribution in [0, 0.1) is 5.92 Å². The minimum atomic E-state index is 0.228. The lowest BCUT2D eigenvalue weighted by molar-refractivity contribution is 0.176. The molecule has 0 radical (unpaired) electrons. The van der Waals surface area contributed by atoms with Crippen molar-refractivity contribution in [2.75, 3.05) is 32.8 Å². The molecular weight excluding hydrogens is 248 g/mol. The molecule has 1 aliphatic rings. The number of hydrogen-bond donors (Lipinski definition) is 2. The number of hydrogen-bond acceptors (Lipinski definition) is 3. The fraction of sp³-hybridized carbons (Fsp3) is 0.647. The Labute approximate surface area is 123 Å². The maximum atomic E-state index is 9.01. The molecule has 3 heteroatoms. The van der Waals surface area contributed by atoms with Crippen molar-refractivity contribution in [2.24, 2.45) is 5.92 Å². The molecule has 2 rings (SSSR count). The van der Waals surface area contributed by atoms with E-state index in [1.54, 1.807) is 0 Å². The van der Waals surface area contributed by atoms with Gasteiger partial charge in [0.2, 0.25) is 0 Å². The quantitative estimate of drug-likeness (QED) is 0.798. The lowest BCUT2D eigenvalue weighted by Crippen LogP contribution is -2.40. The molecule has 20 heavy (non-hydrogen) atoms. The van der Waals surface area contributed by atoms with Crippen LogP contribution in [0.5, 0.6) is 0 Å². The number of aliphatic hydroxyl groups excluding tert-OH is 1. The van der Waals surface area contributed by atoms with Crippen LogP contribution in [0.4, 0.5) is 0 Å². The Kier molecular flexibility index (Phi) is 6.51. The van der Waals surface area contributed by atoms with Crippen molar-refractivity contribution < 1.29 is 5.11 Å². The topological polar surface area (TPSA) is 35.5 Å². The Balaban J connectivity index is 1.62. The Bertz CT molecular complexity index is 361. The minimum absolute atomic E-state index is 0.228. The molecule has 0 spiro atoms. The summed E-state index contributed by atoms with van der Waals surface area (Å²) >= 11 is 0. The zero-order valence-electron chi connectivity index (χ0n) is 12.6. The van der Waals surface area contributed by atoms with Gasteiger partial charge in [-0.05, 0) is 57.3 Å². The van der Waals surface area contributed by atoms with Crippen molar-refractivity contribution in [3.8, 4) is 0 Å². The van der Waals surface area contributed by atoms with Gasteiger partial charge in [-0.15, -0.1) is 0 Å². The van der Waals surface area contributed by atoms with Crippen LogP contribution in [0.15, 0.2) is 30.3 Å². The van der Waals surface area contributed by atoms with Crippen molar-refractivity contribution in [1.82, 2.24) is 10.2 Å². The smallest absolute Gasteiger partial charge is 0.0581 e. The molecule has 1 saturated heterocycles. The van der Waals surface area contributed by atoms with Crippen LogP contribution >= 0.6 is 0 Å². The van der Waals surface area contributed by atoms with Gasteiger partial charge in [0.1, 0.15) is 0 Å². The van der Waals surface area contributed by atoms with Gasteiger partial charge in [0.25, 0.3) is 0 Å². The fourth-order valence-electron chi connectivity index (χ4n) is 2.78. The maximum absolute atomic E-state index is 9.01. The van der Waals surface area contributed by atoms with E-state index >= 15 is 0 Å². The highest BCUT2D eigenvalue weighted by atomic mass is 16.3. The first-order valence-corrected chi connectivity index (χ1v) is 7.88. The van der Waals surface area contributed by atoms with Crippen LogP contribution in [-0.4, -0.2) is 48.8 Å². The predicted octanol–water partition coefficient (Wildman–Crippen LogP) is 1.91. The fourth-order valence-corrected chi connectivity index (χ4v) is 2.78. The monoisotopic (exact) mass is 276 g/mol. The van der Waals surface area contributed by atoms with Gasteiger partial charge < -0.3 is 15.3 Å². The van der Waals surface area contributed by atoms with Crippen LogP contribution < -0.4 is 5.32 Å². The zero-order chi connectivity index (χ0) is 14.2. The lowest BCUT2D eigenvalue weighted by atomic mass is 9.96. The second-order valence-electron chi connectivity index (χ2n) is 6.01. The van der Waals surface area contributed by atoms with Crippen molar-refractivity contribution in [1.29, 1.82) is 0 Å². The lowest BCUT2D eigenvalue weighted by Gasteiger charge is -2.32. The predicted molar refractivity (Wildman–Crippen MR) is 83.9 cm³/mol. The summed E-state index contributed by atoms with van der Waals surface area (Å²) in [6.07, 6.45) is 3.71. The van der Waals surface area contributed by atoms with E-state index in [0.717, 1.165) is 18.9 Å². The number of piperidine rings is 1. The van der Waals surface area contributed by atoms with Gasteiger partial charge in [-0.1, -0.05) is 30.3 Å². The first-order chi connectivity index (χ1) is 9.78. The summed E-state index contributed by atoms with van der Waals surface area (Å²) < 4.78 is 0. The molecule has 1 heterocycles. The van der Waals surface area contributed by atoms with Crippen LogP contribution in [-0.2, 0) is 6.42 Å². The van der Waals surface area contributed by atoms with Gasteiger partial charge in [-0.2, -0.15) is 0 Å². The normalized spacial score (nSPS) is 19.1. The number of aliphatic hydroxyl groups is 1. The van der Waals surface area contributed by atoms with Crippen LogP contribution in [0.1, 0.15) is 25.3 Å². The van der Waals surface area contributed by atoms with Crippen molar-refractivity contribution in [2.45, 2.75) is 32.2 Å². The third-order valence-corrected chi connectivity index (χ3v) is 4.30. The zero-order valence-corrected chi connectivity index (χ0v) is 12.6. The van der Waals surface area contributed by atoms with Crippen molar-refractivity contribution >= 4 is 0 Å². The highest BCUT2D eigenvalue weighted by Gasteiger charge is 2.19. The van der Waals surface area contributed by atoms with Gasteiger partial charge in [0.15, 0.2) is 0 Å². The molecule has 3 nitrogen and oxygen atoms in total. The van der Waals surface area contributed by atoms with Gasteiger partial charge in [-0.25, -0.2) is 0 Å². The van der Waals surface area contributed by atoms with E-state index in [9.17, 15) is 0 Å². The number of likely N-dealkylation sites (tertiary alicyclic amines) is 1. The molecule has 1 atom stereocenters. The first kappa shape index (κ1) is 15.5. The van der Waals surface area contributed by atoms with Gasteiger partial charge in [-0.3, -0.25) is 0 Å². The molecule has 1 aromatic rings. The first-order valence-electron chi connectivity index (χ1n) is 7.88. The molecule has 1 aromatic carbocycles. The highest BCUT2D eigenvalue weighted by molar-refractivity contribution is 5.14. The van der Waals surface area contributed by atoms with E-state index in [1.165, 1.54) is 38.0 Å². The van der Waals surface area contributed by atoms with E-state index in [4.69, 9.17) is 5.11 Å². The van der Waals surface area contributed by atoms with E-state index in [-0.39, 0.29) is 12.6 Å². The summed E-state index contributed by atoms with van der Waals surface area (Å²) in [6.45, 7) is 6.93. The SMILES string of the molecule is C[C@H](CO)NCC1CCN(CCc2ccccc2)CC1. The Hall–Kier alpha value is -0.900. The second kappa shape index (κ2) is 8.40. The maximum Gasteiger partial charge on any atom is 0.0581 e. The molecule has 0 bridgehead atoms. The standard InChI is InChI=1S/C17H28N2O/c1-15(14-20)18-13-17-8-11-19(12-9-17)10-7-16-5-3-2-4-6-16/h2-6,15,17-18,20H,7-14H2,1H3/t15-/m1/s1. The summed E-state index contributed by atoms with van der Waals surface area (Å²) in [5.74, 6) is 0.775. The van der Waals surface area contributed by atoms with Gasteiger partial charge >= 0.3 is 0 Å². The third kappa shape index (κ3) is 5.23. The largest absolute Gasteiger partial charge is 0.395 e. The third-order valence-electron chi connectivity index (χ3n) is 4.30.